The number of imidazole rings is 1. The van der Waals surface area contributed by atoms with Crippen LogP contribution in [0, 0.1) is 11.7 Å². The summed E-state index contributed by atoms with van der Waals surface area (Å²) < 4.78 is 40.0. The normalized spacial score (nSPS) is 17.2. The van der Waals surface area contributed by atoms with Gasteiger partial charge in [0.1, 0.15) is 11.6 Å². The van der Waals surface area contributed by atoms with E-state index in [1.54, 1.807) is 6.07 Å². The van der Waals surface area contributed by atoms with Gasteiger partial charge >= 0.3 is 6.55 Å². The van der Waals surface area contributed by atoms with Crippen LogP contribution in [0.2, 0.25) is 0 Å². The maximum Gasteiger partial charge on any atom is 0.319 e. The minimum atomic E-state index is -2.69. The van der Waals surface area contributed by atoms with Crippen molar-refractivity contribution in [1.29, 1.82) is 0 Å². The minimum absolute atomic E-state index is 0.0220. The number of aromatic nitrogens is 2. The molecule has 138 valence electrons. The van der Waals surface area contributed by atoms with E-state index in [1.807, 2.05) is 0 Å². The Kier molecular flexibility index (Phi) is 5.24. The van der Waals surface area contributed by atoms with Gasteiger partial charge in [0.25, 0.3) is 0 Å². The van der Waals surface area contributed by atoms with Crippen molar-refractivity contribution in [2.45, 2.75) is 19.4 Å². The van der Waals surface area contributed by atoms with Crippen molar-refractivity contribution in [1.82, 2.24) is 14.9 Å². The lowest BCUT2D eigenvalue weighted by atomic mass is 10.1. The number of halogens is 3. The number of rotatable bonds is 6. The van der Waals surface area contributed by atoms with Crippen LogP contribution in [-0.4, -0.2) is 34.5 Å². The molecule has 9 heteroatoms. The van der Waals surface area contributed by atoms with Gasteiger partial charge < -0.3 is 10.2 Å². The molecule has 0 spiro atoms. The highest BCUT2D eigenvalue weighted by Crippen LogP contribution is 2.27. The second kappa shape index (κ2) is 7.59. The highest BCUT2D eigenvalue weighted by Gasteiger charge is 2.35. The molecule has 1 atom stereocenters. The number of benzene rings is 1. The summed E-state index contributed by atoms with van der Waals surface area (Å²) in [5, 5.41) is 2.63. The van der Waals surface area contributed by atoms with Crippen LogP contribution in [-0.2, 0) is 16.0 Å². The molecule has 1 aromatic carbocycles. The van der Waals surface area contributed by atoms with Crippen LogP contribution in [0.4, 0.5) is 18.9 Å². The van der Waals surface area contributed by atoms with E-state index in [1.165, 1.54) is 35.5 Å². The third-order valence-electron chi connectivity index (χ3n) is 4.25. The molecule has 1 N–H and O–H groups in total. The zero-order valence-corrected chi connectivity index (χ0v) is 13.7. The van der Waals surface area contributed by atoms with Gasteiger partial charge in [-0.2, -0.15) is 8.78 Å². The summed E-state index contributed by atoms with van der Waals surface area (Å²) in [5.41, 5.74) is 0.145. The van der Waals surface area contributed by atoms with Crippen LogP contribution >= 0.6 is 0 Å². The molecule has 2 heterocycles. The lowest BCUT2D eigenvalue weighted by Gasteiger charge is -2.17. The molecule has 26 heavy (non-hydrogen) atoms. The Balaban J connectivity index is 1.55. The first kappa shape index (κ1) is 18.0. The van der Waals surface area contributed by atoms with Gasteiger partial charge in [0.2, 0.25) is 11.8 Å². The van der Waals surface area contributed by atoms with E-state index in [4.69, 9.17) is 0 Å². The van der Waals surface area contributed by atoms with Gasteiger partial charge in [0, 0.05) is 38.3 Å². The van der Waals surface area contributed by atoms with Crippen molar-refractivity contribution in [3.63, 3.8) is 0 Å². The number of para-hydroxylation sites is 1. The van der Waals surface area contributed by atoms with E-state index in [0.717, 1.165) is 4.57 Å². The Hall–Kier alpha value is -2.84. The Morgan fingerprint density at radius 1 is 1.35 bits per heavy atom. The first-order valence-electron chi connectivity index (χ1n) is 8.10. The largest absolute Gasteiger partial charge is 0.355 e. The molecule has 6 nitrogen and oxygen atoms in total. The lowest BCUT2D eigenvalue weighted by molar-refractivity contribution is -0.126. The van der Waals surface area contributed by atoms with Crippen molar-refractivity contribution < 1.29 is 22.8 Å². The summed E-state index contributed by atoms with van der Waals surface area (Å²) >= 11 is 0. The van der Waals surface area contributed by atoms with E-state index >= 15 is 0 Å². The fourth-order valence-electron chi connectivity index (χ4n) is 2.94. The molecule has 1 aromatic heterocycles. The number of alkyl halides is 2. The first-order valence-corrected chi connectivity index (χ1v) is 8.10. The average molecular weight is 366 g/mol. The van der Waals surface area contributed by atoms with Crippen molar-refractivity contribution >= 4 is 17.5 Å². The zero-order chi connectivity index (χ0) is 18.7. The summed E-state index contributed by atoms with van der Waals surface area (Å²) in [6.45, 7) is -2.49. The predicted molar refractivity (Wildman–Crippen MR) is 87.1 cm³/mol. The van der Waals surface area contributed by atoms with Gasteiger partial charge in [0.15, 0.2) is 0 Å². The molecule has 1 aliphatic heterocycles. The summed E-state index contributed by atoms with van der Waals surface area (Å²) in [5.74, 6) is -1.68. The van der Waals surface area contributed by atoms with Crippen LogP contribution < -0.4 is 10.2 Å². The maximum atomic E-state index is 13.8. The standard InChI is InChI=1S/C17H17F3N4O2/c18-12-3-1-2-4-13(12)24-10-11(9-15(24)25)16(26)22-6-5-14-21-7-8-23(14)17(19)20/h1-4,7-8,11,17H,5-6,9-10H2,(H,22,26). The average Bonchev–Trinajstić information content (AvgIpc) is 3.22. The van der Waals surface area contributed by atoms with Gasteiger partial charge in [-0.05, 0) is 12.1 Å². The number of nitrogens with zero attached hydrogens (tertiary/aromatic N) is 3. The smallest absolute Gasteiger partial charge is 0.319 e. The summed E-state index contributed by atoms with van der Waals surface area (Å²) in [4.78, 5) is 29.4. The molecule has 0 aliphatic carbocycles. The van der Waals surface area contributed by atoms with Crippen molar-refractivity contribution in [3.8, 4) is 0 Å². The van der Waals surface area contributed by atoms with Crippen LogP contribution in [0.15, 0.2) is 36.7 Å². The Bertz CT molecular complexity index is 809. The van der Waals surface area contributed by atoms with Crippen LogP contribution in [0.5, 0.6) is 0 Å². The second-order valence-corrected chi connectivity index (χ2v) is 5.93. The highest BCUT2D eigenvalue weighted by molar-refractivity contribution is 6.00. The number of hydrogen-bond donors (Lipinski definition) is 1. The molecule has 2 aromatic rings. The van der Waals surface area contributed by atoms with Crippen LogP contribution in [0.1, 0.15) is 18.8 Å². The Morgan fingerprint density at radius 2 is 2.12 bits per heavy atom. The third-order valence-corrected chi connectivity index (χ3v) is 4.25. The molecule has 1 aliphatic rings. The SMILES string of the molecule is O=C(NCCc1nccn1C(F)F)C1CC(=O)N(c2ccccc2F)C1. The molecule has 1 fully saturated rings. The number of anilines is 1. The van der Waals surface area contributed by atoms with Gasteiger partial charge in [-0.3, -0.25) is 14.2 Å². The number of nitrogens with one attached hydrogen (secondary N) is 1. The molecule has 2 amide bonds. The zero-order valence-electron chi connectivity index (χ0n) is 13.7. The first-order chi connectivity index (χ1) is 12.5. The van der Waals surface area contributed by atoms with Gasteiger partial charge in [-0.1, -0.05) is 12.1 Å². The molecule has 3 rings (SSSR count). The van der Waals surface area contributed by atoms with E-state index in [2.05, 4.69) is 10.3 Å². The van der Waals surface area contributed by atoms with E-state index in [9.17, 15) is 22.8 Å². The van der Waals surface area contributed by atoms with E-state index in [0.29, 0.717) is 0 Å². The van der Waals surface area contributed by atoms with E-state index < -0.39 is 18.3 Å². The molecule has 0 bridgehead atoms. The third kappa shape index (κ3) is 3.71. The summed E-state index contributed by atoms with van der Waals surface area (Å²) in [7, 11) is 0. The summed E-state index contributed by atoms with van der Waals surface area (Å²) in [6, 6.07) is 5.87. The van der Waals surface area contributed by atoms with Crippen molar-refractivity contribution in [3.05, 3.63) is 48.3 Å². The Morgan fingerprint density at radius 3 is 2.85 bits per heavy atom. The molecule has 0 radical (unpaired) electrons. The summed E-state index contributed by atoms with van der Waals surface area (Å²) in [6.07, 6.45) is 2.56. The fourth-order valence-corrected chi connectivity index (χ4v) is 2.94. The predicted octanol–water partition coefficient (Wildman–Crippen LogP) is 2.13. The number of hydrogen-bond acceptors (Lipinski definition) is 3. The van der Waals surface area contributed by atoms with Crippen molar-refractivity contribution in [2.75, 3.05) is 18.0 Å². The maximum absolute atomic E-state index is 13.8. The molecule has 0 saturated carbocycles. The molecule has 1 unspecified atom stereocenters. The van der Waals surface area contributed by atoms with Gasteiger partial charge in [-0.25, -0.2) is 9.37 Å². The number of carbonyl (C=O) groups excluding carboxylic acids is 2. The molecule has 1 saturated heterocycles. The Labute approximate surface area is 147 Å². The van der Waals surface area contributed by atoms with Crippen molar-refractivity contribution in [2.24, 2.45) is 5.92 Å². The van der Waals surface area contributed by atoms with E-state index in [-0.39, 0.29) is 49.3 Å². The second-order valence-electron chi connectivity index (χ2n) is 5.93. The highest BCUT2D eigenvalue weighted by atomic mass is 19.3. The topological polar surface area (TPSA) is 67.2 Å². The van der Waals surface area contributed by atoms with Gasteiger partial charge in [-0.15, -0.1) is 0 Å². The lowest BCUT2D eigenvalue weighted by Crippen LogP contribution is -2.34. The fraction of sp³-hybridized carbons (Fsp3) is 0.353. The minimum Gasteiger partial charge on any atom is -0.355 e. The van der Waals surface area contributed by atoms with Gasteiger partial charge in [0.05, 0.1) is 11.6 Å². The monoisotopic (exact) mass is 366 g/mol. The quantitative estimate of drug-likeness (QED) is 0.852. The number of carbonyl (C=O) groups is 2. The molecular weight excluding hydrogens is 349 g/mol. The van der Waals surface area contributed by atoms with Crippen LogP contribution in [0.25, 0.3) is 0 Å². The number of amides is 2. The molecular formula is C17H17F3N4O2. The van der Waals surface area contributed by atoms with Crippen LogP contribution in [0.3, 0.4) is 0 Å².